The van der Waals surface area contributed by atoms with Crippen molar-refractivity contribution in [1.82, 2.24) is 10.6 Å². The predicted molar refractivity (Wildman–Crippen MR) is 89.3 cm³/mol. The number of ether oxygens (including phenoxy) is 1. The summed E-state index contributed by atoms with van der Waals surface area (Å²) in [6, 6.07) is 5.45. The maximum Gasteiger partial charge on any atom is 0.191 e. The van der Waals surface area contributed by atoms with Crippen molar-refractivity contribution >= 4 is 29.9 Å². The normalized spacial score (nSPS) is 20.9. The minimum absolute atomic E-state index is 0. The van der Waals surface area contributed by atoms with Gasteiger partial charge in [-0.2, -0.15) is 0 Å². The Morgan fingerprint density at radius 2 is 2.20 bits per heavy atom. The third-order valence-electron chi connectivity index (χ3n) is 3.33. The number of nitrogens with one attached hydrogen (secondary N) is 2. The molecule has 0 aromatic heterocycles. The van der Waals surface area contributed by atoms with E-state index in [0.717, 1.165) is 11.5 Å². The van der Waals surface area contributed by atoms with Gasteiger partial charge in [0.2, 0.25) is 0 Å². The van der Waals surface area contributed by atoms with Gasteiger partial charge >= 0.3 is 0 Å². The number of methoxy groups -OCH3 is 1. The molecule has 0 radical (unpaired) electrons. The van der Waals surface area contributed by atoms with Gasteiger partial charge in [-0.25, -0.2) is 4.39 Å². The number of hydrogen-bond donors (Lipinski definition) is 2. The first kappa shape index (κ1) is 17.0. The van der Waals surface area contributed by atoms with Crippen LogP contribution >= 0.6 is 24.0 Å². The van der Waals surface area contributed by atoms with E-state index in [1.165, 1.54) is 19.6 Å². The summed E-state index contributed by atoms with van der Waals surface area (Å²) in [5.74, 6) is 1.38. The molecule has 1 fully saturated rings. The maximum absolute atomic E-state index is 13.5. The van der Waals surface area contributed by atoms with E-state index in [1.807, 2.05) is 6.07 Å². The monoisotopic (exact) mass is 393 g/mol. The summed E-state index contributed by atoms with van der Waals surface area (Å²) in [6.45, 7) is 2.73. The van der Waals surface area contributed by atoms with Gasteiger partial charge in [0.05, 0.1) is 7.11 Å². The molecule has 1 aliphatic carbocycles. The molecule has 0 aliphatic heterocycles. The molecule has 0 saturated heterocycles. The molecule has 2 atom stereocenters. The Kier molecular flexibility index (Phi) is 6.51. The van der Waals surface area contributed by atoms with Crippen LogP contribution in [0.5, 0.6) is 5.75 Å². The highest BCUT2D eigenvalue weighted by Crippen LogP contribution is 2.28. The van der Waals surface area contributed by atoms with E-state index in [0.29, 0.717) is 18.5 Å². The van der Waals surface area contributed by atoms with Crippen molar-refractivity contribution in [1.29, 1.82) is 0 Å². The molecule has 20 heavy (non-hydrogen) atoms. The second-order valence-corrected chi connectivity index (χ2v) is 4.86. The SMILES string of the molecule is CN=C(NCc1ccc(OC)c(F)c1)NC1CC1C.I. The van der Waals surface area contributed by atoms with Crippen LogP contribution in [0.4, 0.5) is 4.39 Å². The smallest absolute Gasteiger partial charge is 0.191 e. The number of hydrogen-bond acceptors (Lipinski definition) is 2. The van der Waals surface area contributed by atoms with Crippen molar-refractivity contribution in [3.8, 4) is 5.75 Å². The highest BCUT2D eigenvalue weighted by molar-refractivity contribution is 14.0. The van der Waals surface area contributed by atoms with E-state index in [-0.39, 0.29) is 35.5 Å². The Hall–Kier alpha value is -1.05. The molecule has 1 saturated carbocycles. The van der Waals surface area contributed by atoms with Gasteiger partial charge in [-0.15, -0.1) is 24.0 Å². The Morgan fingerprint density at radius 1 is 1.50 bits per heavy atom. The first-order valence-electron chi connectivity index (χ1n) is 6.43. The van der Waals surface area contributed by atoms with Gasteiger partial charge in [-0.1, -0.05) is 13.0 Å². The third kappa shape index (κ3) is 4.50. The number of benzene rings is 1. The van der Waals surface area contributed by atoms with Crippen LogP contribution < -0.4 is 15.4 Å². The second kappa shape index (κ2) is 7.66. The van der Waals surface area contributed by atoms with Crippen molar-refractivity contribution in [2.45, 2.75) is 25.9 Å². The Morgan fingerprint density at radius 3 is 2.70 bits per heavy atom. The number of rotatable bonds is 4. The fraction of sp³-hybridized carbons (Fsp3) is 0.500. The highest BCUT2D eigenvalue weighted by Gasteiger charge is 2.33. The van der Waals surface area contributed by atoms with Crippen molar-refractivity contribution in [3.05, 3.63) is 29.6 Å². The zero-order chi connectivity index (χ0) is 13.8. The Labute approximate surface area is 136 Å². The van der Waals surface area contributed by atoms with E-state index in [4.69, 9.17) is 4.74 Å². The lowest BCUT2D eigenvalue weighted by Gasteiger charge is -2.12. The van der Waals surface area contributed by atoms with Gasteiger partial charge in [0.15, 0.2) is 17.5 Å². The molecule has 0 bridgehead atoms. The van der Waals surface area contributed by atoms with Gasteiger partial charge in [0.1, 0.15) is 0 Å². The minimum Gasteiger partial charge on any atom is -0.494 e. The fourth-order valence-corrected chi connectivity index (χ4v) is 1.90. The van der Waals surface area contributed by atoms with Gasteiger partial charge in [-0.05, 0) is 30.0 Å². The quantitative estimate of drug-likeness (QED) is 0.470. The molecular weight excluding hydrogens is 372 g/mol. The molecule has 1 aliphatic rings. The van der Waals surface area contributed by atoms with Crippen LogP contribution in [0.15, 0.2) is 23.2 Å². The van der Waals surface area contributed by atoms with E-state index in [9.17, 15) is 4.39 Å². The predicted octanol–water partition coefficient (Wildman–Crippen LogP) is 2.53. The molecule has 112 valence electrons. The van der Waals surface area contributed by atoms with Crippen molar-refractivity contribution < 1.29 is 9.13 Å². The lowest BCUT2D eigenvalue weighted by molar-refractivity contribution is 0.386. The third-order valence-corrected chi connectivity index (χ3v) is 3.33. The highest BCUT2D eigenvalue weighted by atomic mass is 127. The lowest BCUT2D eigenvalue weighted by atomic mass is 10.2. The van der Waals surface area contributed by atoms with Gasteiger partial charge in [0.25, 0.3) is 0 Å². The molecule has 1 aromatic carbocycles. The van der Waals surface area contributed by atoms with Crippen LogP contribution in [0, 0.1) is 11.7 Å². The molecule has 2 N–H and O–H groups in total. The summed E-state index contributed by atoms with van der Waals surface area (Å²) in [6.07, 6.45) is 1.18. The van der Waals surface area contributed by atoms with Crippen molar-refractivity contribution in [2.75, 3.05) is 14.2 Å². The first-order chi connectivity index (χ1) is 9.13. The van der Waals surface area contributed by atoms with Crippen molar-refractivity contribution in [2.24, 2.45) is 10.9 Å². The lowest BCUT2D eigenvalue weighted by Crippen LogP contribution is -2.38. The summed E-state index contributed by atoms with van der Waals surface area (Å²) >= 11 is 0. The molecule has 2 rings (SSSR count). The molecular formula is C14H21FIN3O. The van der Waals surface area contributed by atoms with E-state index < -0.39 is 0 Å². The minimum atomic E-state index is -0.347. The topological polar surface area (TPSA) is 45.7 Å². The Bertz CT molecular complexity index is 481. The van der Waals surface area contributed by atoms with Crippen LogP contribution in [0.3, 0.4) is 0 Å². The molecule has 0 spiro atoms. The average molecular weight is 393 g/mol. The molecule has 1 aromatic rings. The zero-order valence-electron chi connectivity index (χ0n) is 11.9. The Balaban J connectivity index is 0.00000200. The maximum atomic E-state index is 13.5. The van der Waals surface area contributed by atoms with Gasteiger partial charge in [-0.3, -0.25) is 4.99 Å². The van der Waals surface area contributed by atoms with Crippen LogP contribution in [0.25, 0.3) is 0 Å². The number of guanidine groups is 1. The largest absolute Gasteiger partial charge is 0.494 e. The molecule has 6 heteroatoms. The van der Waals surface area contributed by atoms with Crippen LogP contribution in [0.1, 0.15) is 18.9 Å². The average Bonchev–Trinajstić information content (AvgIpc) is 3.10. The molecule has 0 amide bonds. The summed E-state index contributed by atoms with van der Waals surface area (Å²) in [4.78, 5) is 4.15. The summed E-state index contributed by atoms with van der Waals surface area (Å²) in [5, 5.41) is 6.49. The second-order valence-electron chi connectivity index (χ2n) is 4.86. The number of aliphatic imine (C=N–C) groups is 1. The fourth-order valence-electron chi connectivity index (χ4n) is 1.90. The van der Waals surface area contributed by atoms with Crippen LogP contribution in [-0.4, -0.2) is 26.2 Å². The molecule has 2 unspecified atom stereocenters. The van der Waals surface area contributed by atoms with E-state index in [1.54, 1.807) is 13.1 Å². The van der Waals surface area contributed by atoms with Gasteiger partial charge in [0, 0.05) is 19.6 Å². The summed E-state index contributed by atoms with van der Waals surface area (Å²) < 4.78 is 18.4. The first-order valence-corrected chi connectivity index (χ1v) is 6.43. The zero-order valence-corrected chi connectivity index (χ0v) is 14.3. The van der Waals surface area contributed by atoms with Crippen LogP contribution in [-0.2, 0) is 6.54 Å². The van der Waals surface area contributed by atoms with Gasteiger partial charge < -0.3 is 15.4 Å². The van der Waals surface area contributed by atoms with Crippen molar-refractivity contribution in [3.63, 3.8) is 0 Å². The van der Waals surface area contributed by atoms with Crippen LogP contribution in [0.2, 0.25) is 0 Å². The molecule has 0 heterocycles. The summed E-state index contributed by atoms with van der Waals surface area (Å²) in [5.41, 5.74) is 0.852. The summed E-state index contributed by atoms with van der Waals surface area (Å²) in [7, 11) is 3.19. The van der Waals surface area contributed by atoms with E-state index >= 15 is 0 Å². The number of nitrogens with zero attached hydrogens (tertiary/aromatic N) is 1. The number of halogens is 2. The van der Waals surface area contributed by atoms with E-state index in [2.05, 4.69) is 22.5 Å². The standard InChI is InChI=1S/C14H20FN3O.HI/c1-9-6-12(9)18-14(16-2)17-8-10-4-5-13(19-3)11(15)7-10;/h4-5,7,9,12H,6,8H2,1-3H3,(H2,16,17,18);1H. The molecule has 4 nitrogen and oxygen atoms in total.